The monoisotopic (exact) mass is 468 g/mol. The lowest BCUT2D eigenvalue weighted by Crippen LogP contribution is -2.45. The number of amides is 1. The lowest BCUT2D eigenvalue weighted by atomic mass is 9.95. The summed E-state index contributed by atoms with van der Waals surface area (Å²) in [5, 5.41) is 8.76. The number of fused-ring (bicyclic) bond motifs is 1. The van der Waals surface area contributed by atoms with Gasteiger partial charge < -0.3 is 14.2 Å². The van der Waals surface area contributed by atoms with E-state index >= 15 is 4.39 Å². The molecule has 1 fully saturated rings. The lowest BCUT2D eigenvalue weighted by molar-refractivity contribution is 0.0580. The molecule has 2 aromatic heterocycles. The van der Waals surface area contributed by atoms with Crippen LogP contribution in [-0.2, 0) is 17.3 Å². The van der Waals surface area contributed by atoms with Crippen LogP contribution in [0.25, 0.3) is 16.7 Å². The molecule has 2 atom stereocenters. The predicted octanol–water partition coefficient (Wildman–Crippen LogP) is 3.72. The summed E-state index contributed by atoms with van der Waals surface area (Å²) in [4.78, 5) is 21.6. The molecule has 10 heteroatoms. The van der Waals surface area contributed by atoms with Gasteiger partial charge in [0.15, 0.2) is 0 Å². The first-order chi connectivity index (χ1) is 15.8. The Hall–Kier alpha value is -3.30. The van der Waals surface area contributed by atoms with Gasteiger partial charge in [-0.05, 0) is 37.3 Å². The van der Waals surface area contributed by atoms with Crippen LogP contribution in [-0.4, -0.2) is 55.1 Å². The van der Waals surface area contributed by atoms with Gasteiger partial charge in [-0.25, -0.2) is 9.37 Å². The van der Waals surface area contributed by atoms with Crippen LogP contribution in [0.3, 0.4) is 0 Å². The number of likely N-dealkylation sites (tertiary alicyclic amines) is 1. The quantitative estimate of drug-likeness (QED) is 0.456. The highest BCUT2D eigenvalue weighted by molar-refractivity contribution is 6.31. The first-order valence-electron chi connectivity index (χ1n) is 10.5. The Morgan fingerprint density at radius 2 is 2.00 bits per heavy atom. The van der Waals surface area contributed by atoms with Gasteiger partial charge in [0, 0.05) is 32.1 Å². The molecule has 0 radical (unpaired) electrons. The van der Waals surface area contributed by atoms with Crippen molar-refractivity contribution in [3.63, 3.8) is 0 Å². The van der Waals surface area contributed by atoms with Gasteiger partial charge in [-0.1, -0.05) is 17.7 Å². The van der Waals surface area contributed by atoms with Crippen molar-refractivity contribution < 1.29 is 13.9 Å². The summed E-state index contributed by atoms with van der Waals surface area (Å²) in [5.41, 5.74) is 0.927. The summed E-state index contributed by atoms with van der Waals surface area (Å²) >= 11 is 6.17. The second kappa shape index (κ2) is 7.93. The van der Waals surface area contributed by atoms with Crippen LogP contribution in [0.2, 0.25) is 5.02 Å². The number of aryl methyl sites for hydroxylation is 1. The Kier molecular flexibility index (Phi) is 5.18. The van der Waals surface area contributed by atoms with E-state index in [2.05, 4.69) is 10.2 Å². The lowest BCUT2D eigenvalue weighted by Gasteiger charge is -2.34. The third-order valence-electron chi connectivity index (χ3n) is 6.35. The molecular weight excluding hydrogens is 447 g/mol. The SMILES string of the molecule is CO[C@H]1CN(C(=O)c2c(F)cccc2-n2nccn2)C(C)(c2nc3cc(Cl)ccc3n2C)C1. The zero-order valence-electron chi connectivity index (χ0n) is 18.4. The third-order valence-corrected chi connectivity index (χ3v) is 6.58. The van der Waals surface area contributed by atoms with Crippen molar-refractivity contribution in [3.8, 4) is 5.69 Å². The second-order valence-corrected chi connectivity index (χ2v) is 8.77. The zero-order valence-corrected chi connectivity index (χ0v) is 19.1. The first kappa shape index (κ1) is 21.5. The van der Waals surface area contributed by atoms with Gasteiger partial charge in [-0.3, -0.25) is 4.79 Å². The summed E-state index contributed by atoms with van der Waals surface area (Å²) in [7, 11) is 3.50. The highest BCUT2D eigenvalue weighted by Crippen LogP contribution is 2.41. The summed E-state index contributed by atoms with van der Waals surface area (Å²) in [6.07, 6.45) is 3.22. The molecule has 5 rings (SSSR count). The average Bonchev–Trinajstić information content (AvgIpc) is 3.51. The molecule has 1 unspecified atom stereocenters. The van der Waals surface area contributed by atoms with Gasteiger partial charge in [0.05, 0.1) is 29.5 Å². The Labute approximate surface area is 194 Å². The number of hydrogen-bond acceptors (Lipinski definition) is 5. The molecule has 4 aromatic rings. The van der Waals surface area contributed by atoms with Gasteiger partial charge in [0.2, 0.25) is 0 Å². The Morgan fingerprint density at radius 1 is 1.24 bits per heavy atom. The van der Waals surface area contributed by atoms with E-state index in [1.54, 1.807) is 30.2 Å². The van der Waals surface area contributed by atoms with Gasteiger partial charge in [-0.2, -0.15) is 15.0 Å². The summed E-state index contributed by atoms with van der Waals surface area (Å²) in [5.74, 6) is -0.454. The molecule has 1 aliphatic heterocycles. The number of ether oxygens (including phenoxy) is 1. The Balaban J connectivity index is 1.65. The maximum atomic E-state index is 15.1. The topological polar surface area (TPSA) is 78.1 Å². The van der Waals surface area contributed by atoms with E-state index in [-0.39, 0.29) is 23.9 Å². The molecule has 1 saturated heterocycles. The van der Waals surface area contributed by atoms with E-state index in [1.807, 2.05) is 24.6 Å². The van der Waals surface area contributed by atoms with Crippen LogP contribution in [0.4, 0.5) is 4.39 Å². The number of carbonyl (C=O) groups excluding carboxylic acids is 1. The van der Waals surface area contributed by atoms with Crippen molar-refractivity contribution in [2.24, 2.45) is 7.05 Å². The minimum absolute atomic E-state index is 0.0986. The molecule has 0 spiro atoms. The fourth-order valence-electron chi connectivity index (χ4n) is 4.72. The minimum atomic E-state index is -0.852. The molecule has 0 saturated carbocycles. The molecule has 33 heavy (non-hydrogen) atoms. The van der Waals surface area contributed by atoms with Crippen molar-refractivity contribution in [3.05, 3.63) is 71.0 Å². The standard InChI is InChI=1S/C23H22ClFN6O2/c1-23(22-28-17-11-14(24)7-8-18(17)29(22)2)12-15(33-3)13-30(23)21(32)20-16(25)5-4-6-19(20)31-26-9-10-27-31/h4-11,15H,12-13H2,1-3H3/t15-,23?/m1/s1. The van der Waals surface area contributed by atoms with Crippen molar-refractivity contribution in [1.82, 2.24) is 29.4 Å². The first-order valence-corrected chi connectivity index (χ1v) is 10.8. The molecule has 8 nitrogen and oxygen atoms in total. The van der Waals surface area contributed by atoms with E-state index in [9.17, 15) is 4.79 Å². The number of aromatic nitrogens is 5. The number of rotatable bonds is 4. The molecule has 0 bridgehead atoms. The molecule has 1 aliphatic rings. The summed E-state index contributed by atoms with van der Waals surface area (Å²) in [6.45, 7) is 2.22. The number of carbonyl (C=O) groups is 1. The number of methoxy groups -OCH3 is 1. The van der Waals surface area contributed by atoms with Crippen LogP contribution in [0.15, 0.2) is 48.8 Å². The fraction of sp³-hybridized carbons (Fsp3) is 0.304. The molecule has 3 heterocycles. The number of hydrogen-bond donors (Lipinski definition) is 0. The Morgan fingerprint density at radius 3 is 2.73 bits per heavy atom. The van der Waals surface area contributed by atoms with Crippen molar-refractivity contribution in [2.75, 3.05) is 13.7 Å². The van der Waals surface area contributed by atoms with Gasteiger partial charge in [-0.15, -0.1) is 0 Å². The molecule has 0 aliphatic carbocycles. The van der Waals surface area contributed by atoms with E-state index in [1.165, 1.54) is 29.3 Å². The largest absolute Gasteiger partial charge is 0.380 e. The summed E-state index contributed by atoms with van der Waals surface area (Å²) in [6, 6.07) is 9.89. The maximum Gasteiger partial charge on any atom is 0.260 e. The molecule has 0 N–H and O–H groups in total. The fourth-order valence-corrected chi connectivity index (χ4v) is 4.89. The van der Waals surface area contributed by atoms with Crippen LogP contribution >= 0.6 is 11.6 Å². The number of nitrogens with zero attached hydrogens (tertiary/aromatic N) is 6. The third kappa shape index (κ3) is 3.39. The van der Waals surface area contributed by atoms with Crippen LogP contribution in [0.5, 0.6) is 0 Å². The number of benzene rings is 2. The van der Waals surface area contributed by atoms with Gasteiger partial charge >= 0.3 is 0 Å². The van der Waals surface area contributed by atoms with Gasteiger partial charge in [0.1, 0.15) is 28.4 Å². The molecule has 170 valence electrons. The second-order valence-electron chi connectivity index (χ2n) is 8.33. The van der Waals surface area contributed by atoms with E-state index in [0.29, 0.717) is 17.3 Å². The van der Waals surface area contributed by atoms with Gasteiger partial charge in [0.25, 0.3) is 5.91 Å². The molecule has 1 amide bonds. The normalized spacial score (nSPS) is 20.6. The van der Waals surface area contributed by atoms with Crippen LogP contribution < -0.4 is 0 Å². The van der Waals surface area contributed by atoms with Crippen molar-refractivity contribution >= 4 is 28.5 Å². The zero-order chi connectivity index (χ0) is 23.3. The van der Waals surface area contributed by atoms with E-state index in [4.69, 9.17) is 21.3 Å². The van der Waals surface area contributed by atoms with Crippen molar-refractivity contribution in [1.29, 1.82) is 0 Å². The van der Waals surface area contributed by atoms with E-state index in [0.717, 1.165) is 11.0 Å². The highest BCUT2D eigenvalue weighted by Gasteiger charge is 2.49. The molecule has 2 aromatic carbocycles. The number of imidazole rings is 1. The Bertz CT molecular complexity index is 1350. The predicted molar refractivity (Wildman–Crippen MR) is 121 cm³/mol. The molecular formula is C23H22ClFN6O2. The smallest absolute Gasteiger partial charge is 0.260 e. The maximum absolute atomic E-state index is 15.1. The highest BCUT2D eigenvalue weighted by atomic mass is 35.5. The van der Waals surface area contributed by atoms with Crippen LogP contribution in [0, 0.1) is 5.82 Å². The summed E-state index contributed by atoms with van der Waals surface area (Å²) < 4.78 is 22.7. The minimum Gasteiger partial charge on any atom is -0.380 e. The van der Waals surface area contributed by atoms with E-state index < -0.39 is 17.3 Å². The number of halogens is 2. The average molecular weight is 469 g/mol. The van der Waals surface area contributed by atoms with Crippen molar-refractivity contribution in [2.45, 2.75) is 25.0 Å². The van der Waals surface area contributed by atoms with Crippen LogP contribution in [0.1, 0.15) is 29.5 Å².